The molecule has 0 saturated carbocycles. The number of nitrogens with zero attached hydrogens (tertiary/aromatic N) is 3. The normalized spacial score (nSPS) is 15.2. The number of hydrogen-bond acceptors (Lipinski definition) is 6. The van der Waals surface area contributed by atoms with Crippen molar-refractivity contribution >= 4 is 17.3 Å². The molecule has 8 heteroatoms. The molecule has 0 atom stereocenters. The van der Waals surface area contributed by atoms with Crippen LogP contribution in [0.2, 0.25) is 0 Å². The molecule has 2 aliphatic heterocycles. The lowest BCUT2D eigenvalue weighted by molar-refractivity contribution is -0.384. The van der Waals surface area contributed by atoms with Gasteiger partial charge in [0.15, 0.2) is 11.5 Å². The van der Waals surface area contributed by atoms with Gasteiger partial charge in [-0.05, 0) is 38.0 Å². The van der Waals surface area contributed by atoms with Crippen molar-refractivity contribution in [2.24, 2.45) is 0 Å². The van der Waals surface area contributed by atoms with Crippen molar-refractivity contribution in [1.82, 2.24) is 4.90 Å². The van der Waals surface area contributed by atoms with Gasteiger partial charge in [-0.1, -0.05) is 12.1 Å². The van der Waals surface area contributed by atoms with Gasteiger partial charge in [-0.3, -0.25) is 14.9 Å². The van der Waals surface area contributed by atoms with Gasteiger partial charge < -0.3 is 19.3 Å². The Labute approximate surface area is 175 Å². The summed E-state index contributed by atoms with van der Waals surface area (Å²) in [6.07, 6.45) is 2.04. The predicted octanol–water partition coefficient (Wildman–Crippen LogP) is 3.63. The summed E-state index contributed by atoms with van der Waals surface area (Å²) in [6, 6.07) is 10.4. The molecule has 2 heterocycles. The van der Waals surface area contributed by atoms with Gasteiger partial charge in [0.2, 0.25) is 0 Å². The summed E-state index contributed by atoms with van der Waals surface area (Å²) < 4.78 is 11.4. The number of nitro groups is 1. The largest absolute Gasteiger partial charge is 0.486 e. The van der Waals surface area contributed by atoms with E-state index in [1.165, 1.54) is 6.07 Å². The van der Waals surface area contributed by atoms with E-state index < -0.39 is 4.92 Å². The first-order chi connectivity index (χ1) is 14.6. The van der Waals surface area contributed by atoms with Crippen LogP contribution in [0, 0.1) is 10.1 Å². The Kier molecular flexibility index (Phi) is 5.74. The smallest absolute Gasteiger partial charge is 0.293 e. The van der Waals surface area contributed by atoms with Crippen LogP contribution in [0.1, 0.15) is 35.7 Å². The molecule has 1 fully saturated rings. The SMILES string of the molecule is CCN(Cc1cccc2c1OCCO2)C(=O)c1ccc(N2CCCC2)c([N+](=O)[O-])c1. The molecule has 0 bridgehead atoms. The number of benzene rings is 2. The molecule has 0 radical (unpaired) electrons. The number of hydrogen-bond donors (Lipinski definition) is 0. The minimum Gasteiger partial charge on any atom is -0.486 e. The average Bonchev–Trinajstić information content (AvgIpc) is 3.31. The highest BCUT2D eigenvalue weighted by molar-refractivity contribution is 5.95. The van der Waals surface area contributed by atoms with Crippen LogP contribution in [-0.2, 0) is 6.54 Å². The quantitative estimate of drug-likeness (QED) is 0.533. The average molecular weight is 411 g/mol. The van der Waals surface area contributed by atoms with Gasteiger partial charge in [-0.2, -0.15) is 0 Å². The number of anilines is 1. The van der Waals surface area contributed by atoms with E-state index in [0.29, 0.717) is 49.1 Å². The third kappa shape index (κ3) is 3.90. The molecule has 0 aliphatic carbocycles. The molecule has 1 saturated heterocycles. The molecule has 2 aromatic rings. The van der Waals surface area contributed by atoms with Gasteiger partial charge in [-0.15, -0.1) is 0 Å². The van der Waals surface area contributed by atoms with Crippen LogP contribution in [0.3, 0.4) is 0 Å². The minimum absolute atomic E-state index is 0.0207. The number of rotatable bonds is 6. The third-order valence-corrected chi connectivity index (χ3v) is 5.54. The van der Waals surface area contributed by atoms with Crippen LogP contribution >= 0.6 is 0 Å². The van der Waals surface area contributed by atoms with E-state index in [2.05, 4.69) is 0 Å². The van der Waals surface area contributed by atoms with E-state index in [0.717, 1.165) is 31.5 Å². The Morgan fingerprint density at radius 3 is 2.67 bits per heavy atom. The van der Waals surface area contributed by atoms with Crippen molar-refractivity contribution in [3.8, 4) is 11.5 Å². The summed E-state index contributed by atoms with van der Waals surface area (Å²) >= 11 is 0. The Morgan fingerprint density at radius 2 is 1.93 bits per heavy atom. The molecule has 1 amide bonds. The molecule has 0 spiro atoms. The van der Waals surface area contributed by atoms with Gasteiger partial charge >= 0.3 is 0 Å². The van der Waals surface area contributed by atoms with E-state index >= 15 is 0 Å². The number of para-hydroxylation sites is 1. The number of ether oxygens (including phenoxy) is 2. The molecule has 4 rings (SSSR count). The van der Waals surface area contributed by atoms with Crippen molar-refractivity contribution in [3.63, 3.8) is 0 Å². The zero-order valence-electron chi connectivity index (χ0n) is 17.0. The maximum atomic E-state index is 13.2. The van der Waals surface area contributed by atoms with Crippen molar-refractivity contribution in [2.75, 3.05) is 37.7 Å². The molecular formula is C22H25N3O5. The highest BCUT2D eigenvalue weighted by Gasteiger charge is 2.26. The van der Waals surface area contributed by atoms with E-state index in [4.69, 9.17) is 9.47 Å². The monoisotopic (exact) mass is 411 g/mol. The number of amides is 1. The Bertz CT molecular complexity index is 956. The summed E-state index contributed by atoms with van der Waals surface area (Å²) in [5, 5.41) is 11.7. The second-order valence-electron chi connectivity index (χ2n) is 7.42. The molecule has 0 aromatic heterocycles. The fourth-order valence-corrected chi connectivity index (χ4v) is 4.00. The summed E-state index contributed by atoms with van der Waals surface area (Å²) in [4.78, 5) is 28.1. The highest BCUT2D eigenvalue weighted by atomic mass is 16.6. The summed E-state index contributed by atoms with van der Waals surface area (Å²) in [6.45, 7) is 5.26. The van der Waals surface area contributed by atoms with Crippen LogP contribution in [0.15, 0.2) is 36.4 Å². The van der Waals surface area contributed by atoms with Crippen molar-refractivity contribution in [3.05, 3.63) is 57.6 Å². The number of carbonyl (C=O) groups excluding carboxylic acids is 1. The van der Waals surface area contributed by atoms with Crippen LogP contribution in [0.25, 0.3) is 0 Å². The van der Waals surface area contributed by atoms with Gasteiger partial charge in [0.1, 0.15) is 18.9 Å². The standard InChI is InChI=1S/C22H25N3O5/c1-2-23(15-17-6-5-7-20-21(17)30-13-12-29-20)22(26)16-8-9-18(19(14-16)25(27)28)24-10-3-4-11-24/h5-9,14H,2-4,10-13,15H2,1H3. The molecule has 0 unspecified atom stereocenters. The molecule has 2 aliphatic rings. The fourth-order valence-electron chi connectivity index (χ4n) is 4.00. The van der Waals surface area contributed by atoms with Crippen LogP contribution in [0.5, 0.6) is 11.5 Å². The molecule has 30 heavy (non-hydrogen) atoms. The Morgan fingerprint density at radius 1 is 1.17 bits per heavy atom. The van der Waals surface area contributed by atoms with E-state index in [-0.39, 0.29) is 11.6 Å². The Balaban J connectivity index is 1.59. The fraction of sp³-hybridized carbons (Fsp3) is 0.409. The molecular weight excluding hydrogens is 386 g/mol. The first kappa shape index (κ1) is 20.0. The summed E-state index contributed by atoms with van der Waals surface area (Å²) in [5.74, 6) is 1.08. The first-order valence-corrected chi connectivity index (χ1v) is 10.3. The number of fused-ring (bicyclic) bond motifs is 1. The van der Waals surface area contributed by atoms with Crippen LogP contribution in [0.4, 0.5) is 11.4 Å². The second-order valence-corrected chi connectivity index (χ2v) is 7.42. The van der Waals surface area contributed by atoms with E-state index in [9.17, 15) is 14.9 Å². The first-order valence-electron chi connectivity index (χ1n) is 10.3. The minimum atomic E-state index is -0.403. The van der Waals surface area contributed by atoms with Gasteiger partial charge in [-0.25, -0.2) is 0 Å². The van der Waals surface area contributed by atoms with Crippen LogP contribution in [-0.4, -0.2) is 48.6 Å². The van der Waals surface area contributed by atoms with Crippen molar-refractivity contribution in [2.45, 2.75) is 26.3 Å². The van der Waals surface area contributed by atoms with Crippen molar-refractivity contribution < 1.29 is 19.2 Å². The summed E-state index contributed by atoms with van der Waals surface area (Å²) in [7, 11) is 0. The lowest BCUT2D eigenvalue weighted by Crippen LogP contribution is -2.31. The lowest BCUT2D eigenvalue weighted by Gasteiger charge is -2.25. The molecule has 158 valence electrons. The number of nitro benzene ring substituents is 1. The highest BCUT2D eigenvalue weighted by Crippen LogP contribution is 2.35. The lowest BCUT2D eigenvalue weighted by atomic mass is 10.1. The second kappa shape index (κ2) is 8.61. The van der Waals surface area contributed by atoms with Crippen molar-refractivity contribution in [1.29, 1.82) is 0 Å². The zero-order valence-corrected chi connectivity index (χ0v) is 17.0. The summed E-state index contributed by atoms with van der Waals surface area (Å²) in [5.41, 5.74) is 1.73. The number of carbonyl (C=O) groups is 1. The maximum Gasteiger partial charge on any atom is 0.293 e. The molecule has 0 N–H and O–H groups in total. The Hall–Kier alpha value is -3.29. The van der Waals surface area contributed by atoms with E-state index in [1.807, 2.05) is 30.0 Å². The topological polar surface area (TPSA) is 85.2 Å². The zero-order chi connectivity index (χ0) is 21.1. The maximum absolute atomic E-state index is 13.2. The molecule has 2 aromatic carbocycles. The van der Waals surface area contributed by atoms with Crippen LogP contribution < -0.4 is 14.4 Å². The van der Waals surface area contributed by atoms with Gasteiger partial charge in [0.05, 0.1) is 4.92 Å². The van der Waals surface area contributed by atoms with Gasteiger partial charge in [0.25, 0.3) is 11.6 Å². The third-order valence-electron chi connectivity index (χ3n) is 5.54. The molecule has 8 nitrogen and oxygen atoms in total. The predicted molar refractivity (Wildman–Crippen MR) is 112 cm³/mol. The van der Waals surface area contributed by atoms with Gasteiger partial charge in [0, 0.05) is 43.4 Å². The van der Waals surface area contributed by atoms with E-state index in [1.54, 1.807) is 17.0 Å².